The monoisotopic (exact) mass is 237 g/mol. The number of amides is 1. The molecule has 0 aliphatic rings. The van der Waals surface area contributed by atoms with Gasteiger partial charge in [0.15, 0.2) is 6.10 Å². The molecule has 17 heavy (non-hydrogen) atoms. The molecule has 1 aromatic rings. The largest absolute Gasteiger partial charge is 0.481 e. The highest BCUT2D eigenvalue weighted by atomic mass is 16.5. The van der Waals surface area contributed by atoms with E-state index in [-0.39, 0.29) is 0 Å². The number of aliphatic carboxylic acids is 1. The van der Waals surface area contributed by atoms with Crippen molar-refractivity contribution in [2.45, 2.75) is 26.0 Å². The van der Waals surface area contributed by atoms with Gasteiger partial charge in [0.1, 0.15) is 11.8 Å². The van der Waals surface area contributed by atoms with Crippen molar-refractivity contribution < 1.29 is 19.4 Å². The summed E-state index contributed by atoms with van der Waals surface area (Å²) in [7, 11) is 0. The van der Waals surface area contributed by atoms with Crippen molar-refractivity contribution in [2.75, 3.05) is 0 Å². The molecule has 0 aliphatic heterocycles. The average Bonchev–Trinajstić information content (AvgIpc) is 2.29. The van der Waals surface area contributed by atoms with E-state index in [1.807, 2.05) is 6.07 Å². The van der Waals surface area contributed by atoms with Gasteiger partial charge in [0.25, 0.3) is 5.91 Å². The summed E-state index contributed by atoms with van der Waals surface area (Å²) in [6.07, 6.45) is -0.737. The van der Waals surface area contributed by atoms with E-state index in [2.05, 4.69) is 5.32 Å². The topological polar surface area (TPSA) is 75.6 Å². The van der Waals surface area contributed by atoms with Crippen LogP contribution < -0.4 is 10.1 Å². The second-order valence-corrected chi connectivity index (χ2v) is 3.64. The van der Waals surface area contributed by atoms with Crippen LogP contribution in [0.4, 0.5) is 0 Å². The number of para-hydroxylation sites is 1. The van der Waals surface area contributed by atoms with Crippen LogP contribution in [0.15, 0.2) is 30.3 Å². The number of carboxylic acid groups (broad SMARTS) is 1. The maximum atomic E-state index is 11.6. The highest BCUT2D eigenvalue weighted by molar-refractivity contribution is 5.85. The van der Waals surface area contributed by atoms with Crippen LogP contribution in [0.5, 0.6) is 5.75 Å². The maximum Gasteiger partial charge on any atom is 0.325 e. The molecule has 0 spiro atoms. The molecule has 0 aromatic heterocycles. The highest BCUT2D eigenvalue weighted by Crippen LogP contribution is 2.10. The highest BCUT2D eigenvalue weighted by Gasteiger charge is 2.19. The lowest BCUT2D eigenvalue weighted by atomic mass is 10.3. The molecule has 1 aromatic carbocycles. The first kappa shape index (κ1) is 13.0. The Morgan fingerprint density at radius 1 is 1.24 bits per heavy atom. The quantitative estimate of drug-likeness (QED) is 0.802. The molecule has 2 atom stereocenters. The summed E-state index contributed by atoms with van der Waals surface area (Å²) >= 11 is 0. The van der Waals surface area contributed by atoms with Crippen molar-refractivity contribution in [2.24, 2.45) is 0 Å². The van der Waals surface area contributed by atoms with Gasteiger partial charge < -0.3 is 15.2 Å². The molecule has 5 heteroatoms. The van der Waals surface area contributed by atoms with Crippen molar-refractivity contribution in [3.63, 3.8) is 0 Å². The van der Waals surface area contributed by atoms with Crippen molar-refractivity contribution in [1.29, 1.82) is 0 Å². The number of hydrogen-bond donors (Lipinski definition) is 2. The van der Waals surface area contributed by atoms with Crippen LogP contribution in [0.2, 0.25) is 0 Å². The predicted octanol–water partition coefficient (Wildman–Crippen LogP) is 1.04. The van der Waals surface area contributed by atoms with Gasteiger partial charge in [-0.25, -0.2) is 0 Å². The van der Waals surface area contributed by atoms with Gasteiger partial charge in [-0.3, -0.25) is 9.59 Å². The molecule has 0 saturated carbocycles. The SMILES string of the molecule is C[C@@H](NC(=O)[C@@H](C)Oc1ccccc1)C(=O)O. The molecule has 1 rings (SSSR count). The van der Waals surface area contributed by atoms with Crippen LogP contribution in [0.1, 0.15) is 13.8 Å². The van der Waals surface area contributed by atoms with Gasteiger partial charge in [-0.05, 0) is 26.0 Å². The lowest BCUT2D eigenvalue weighted by molar-refractivity contribution is -0.142. The molecule has 5 nitrogen and oxygen atoms in total. The van der Waals surface area contributed by atoms with Gasteiger partial charge in [-0.1, -0.05) is 18.2 Å². The first-order chi connectivity index (χ1) is 8.00. The molecule has 92 valence electrons. The molecule has 2 N–H and O–H groups in total. The Bertz CT molecular complexity index is 391. The molecular weight excluding hydrogens is 222 g/mol. The first-order valence-electron chi connectivity index (χ1n) is 5.25. The molecule has 0 unspecified atom stereocenters. The fourth-order valence-electron chi connectivity index (χ4n) is 1.15. The van der Waals surface area contributed by atoms with Gasteiger partial charge in [0, 0.05) is 0 Å². The summed E-state index contributed by atoms with van der Waals surface area (Å²) in [5, 5.41) is 11.0. The summed E-state index contributed by atoms with van der Waals surface area (Å²) in [5.74, 6) is -0.966. The minimum Gasteiger partial charge on any atom is -0.481 e. The van der Waals surface area contributed by atoms with Gasteiger partial charge in [0.2, 0.25) is 0 Å². The number of carbonyl (C=O) groups excluding carboxylic acids is 1. The van der Waals surface area contributed by atoms with E-state index < -0.39 is 24.0 Å². The Balaban J connectivity index is 2.50. The minimum absolute atomic E-state index is 0.455. The Labute approximate surface area is 99.4 Å². The minimum atomic E-state index is -1.08. The third-order valence-corrected chi connectivity index (χ3v) is 2.15. The van der Waals surface area contributed by atoms with E-state index in [4.69, 9.17) is 9.84 Å². The van der Waals surface area contributed by atoms with Crippen LogP contribution in [-0.4, -0.2) is 29.1 Å². The number of benzene rings is 1. The van der Waals surface area contributed by atoms with Crippen LogP contribution in [0, 0.1) is 0 Å². The Morgan fingerprint density at radius 3 is 2.35 bits per heavy atom. The van der Waals surface area contributed by atoms with Gasteiger partial charge in [-0.2, -0.15) is 0 Å². The number of ether oxygens (including phenoxy) is 1. The van der Waals surface area contributed by atoms with Crippen molar-refractivity contribution in [1.82, 2.24) is 5.32 Å². The molecule has 0 saturated heterocycles. The normalized spacial score (nSPS) is 13.5. The van der Waals surface area contributed by atoms with Crippen LogP contribution >= 0.6 is 0 Å². The van der Waals surface area contributed by atoms with Crippen LogP contribution in [0.25, 0.3) is 0 Å². The van der Waals surface area contributed by atoms with E-state index in [0.717, 1.165) is 0 Å². The summed E-state index contributed by atoms with van der Waals surface area (Å²) in [6, 6.07) is 7.95. The lowest BCUT2D eigenvalue weighted by Crippen LogP contribution is -2.44. The van der Waals surface area contributed by atoms with Gasteiger partial charge >= 0.3 is 5.97 Å². The van der Waals surface area contributed by atoms with E-state index in [1.54, 1.807) is 31.2 Å². The zero-order valence-electron chi connectivity index (χ0n) is 9.71. The zero-order valence-corrected chi connectivity index (χ0v) is 9.71. The Morgan fingerprint density at radius 2 is 1.82 bits per heavy atom. The van der Waals surface area contributed by atoms with E-state index in [9.17, 15) is 9.59 Å². The zero-order chi connectivity index (χ0) is 12.8. The third kappa shape index (κ3) is 4.14. The van der Waals surface area contributed by atoms with Crippen molar-refractivity contribution in [3.8, 4) is 5.75 Å². The first-order valence-corrected chi connectivity index (χ1v) is 5.25. The summed E-state index contributed by atoms with van der Waals surface area (Å²) in [5.41, 5.74) is 0. The molecule has 0 heterocycles. The van der Waals surface area contributed by atoms with Crippen molar-refractivity contribution in [3.05, 3.63) is 30.3 Å². The predicted molar refractivity (Wildman–Crippen MR) is 61.8 cm³/mol. The van der Waals surface area contributed by atoms with E-state index in [0.29, 0.717) is 5.75 Å². The second-order valence-electron chi connectivity index (χ2n) is 3.64. The maximum absolute atomic E-state index is 11.6. The smallest absolute Gasteiger partial charge is 0.325 e. The second kappa shape index (κ2) is 5.89. The third-order valence-electron chi connectivity index (χ3n) is 2.15. The summed E-state index contributed by atoms with van der Waals surface area (Å²) < 4.78 is 5.35. The molecule has 0 fully saturated rings. The van der Waals surface area contributed by atoms with E-state index >= 15 is 0 Å². The fraction of sp³-hybridized carbons (Fsp3) is 0.333. The van der Waals surface area contributed by atoms with E-state index in [1.165, 1.54) is 6.92 Å². The standard InChI is InChI=1S/C12H15NO4/c1-8(12(15)16)13-11(14)9(2)17-10-6-4-3-5-7-10/h3-9H,1-2H3,(H,13,14)(H,15,16)/t8-,9-/m1/s1. The molecule has 0 radical (unpaired) electrons. The Kier molecular flexibility index (Phi) is 4.51. The number of carbonyl (C=O) groups is 2. The van der Waals surface area contributed by atoms with Gasteiger partial charge in [0.05, 0.1) is 0 Å². The molecule has 0 aliphatic carbocycles. The summed E-state index contributed by atoms with van der Waals surface area (Å²) in [6.45, 7) is 2.96. The fourth-order valence-corrected chi connectivity index (χ4v) is 1.15. The van der Waals surface area contributed by atoms with Crippen LogP contribution in [-0.2, 0) is 9.59 Å². The Hall–Kier alpha value is -2.04. The molecule has 0 bridgehead atoms. The number of nitrogens with one attached hydrogen (secondary N) is 1. The van der Waals surface area contributed by atoms with Gasteiger partial charge in [-0.15, -0.1) is 0 Å². The number of rotatable bonds is 5. The van der Waals surface area contributed by atoms with Crippen molar-refractivity contribution >= 4 is 11.9 Å². The van der Waals surface area contributed by atoms with Crippen LogP contribution in [0.3, 0.4) is 0 Å². The molecular formula is C12H15NO4. The summed E-state index contributed by atoms with van der Waals surface area (Å²) in [4.78, 5) is 22.1. The number of carboxylic acids is 1. The lowest BCUT2D eigenvalue weighted by Gasteiger charge is -2.16. The average molecular weight is 237 g/mol. The number of hydrogen-bond acceptors (Lipinski definition) is 3. The molecule has 1 amide bonds.